The standard InChI is InChI=1S/C25H28Cl2N4O5/c1-31-15-21(29-14-22(31)32)28-11-2-3-12-36-17-9-7-16(8-10-17)13-20(25(34)35)30-24(33)23-18(26)5-4-6-19(23)27/h4-10,20H,2-3,11-15H2,1H3,(H,28,29)(H,30,33)(H,34,35)/t20-/m1/s1. The van der Waals surface area contributed by atoms with Gasteiger partial charge in [-0.2, -0.15) is 0 Å². The van der Waals surface area contributed by atoms with Crippen LogP contribution in [0.25, 0.3) is 0 Å². The van der Waals surface area contributed by atoms with E-state index in [9.17, 15) is 19.5 Å². The van der Waals surface area contributed by atoms with Crippen molar-refractivity contribution >= 4 is 46.8 Å². The van der Waals surface area contributed by atoms with Crippen molar-refractivity contribution < 1.29 is 24.2 Å². The van der Waals surface area contributed by atoms with E-state index >= 15 is 0 Å². The maximum Gasteiger partial charge on any atom is 0.326 e. The Balaban J connectivity index is 1.42. The predicted octanol–water partition coefficient (Wildman–Crippen LogP) is 3.04. The number of amidine groups is 1. The zero-order valence-electron chi connectivity index (χ0n) is 19.8. The Hall–Kier alpha value is -3.30. The van der Waals surface area contributed by atoms with Gasteiger partial charge in [-0.1, -0.05) is 41.4 Å². The second kappa shape index (κ2) is 13.1. The van der Waals surface area contributed by atoms with Gasteiger partial charge in [-0.15, -0.1) is 0 Å². The van der Waals surface area contributed by atoms with E-state index in [0.29, 0.717) is 18.9 Å². The summed E-state index contributed by atoms with van der Waals surface area (Å²) in [6, 6.07) is 10.5. The molecule has 11 heteroatoms. The van der Waals surface area contributed by atoms with Gasteiger partial charge in [-0.25, -0.2) is 4.79 Å². The van der Waals surface area contributed by atoms with Gasteiger partial charge in [0.2, 0.25) is 5.91 Å². The topological polar surface area (TPSA) is 120 Å². The molecule has 9 nitrogen and oxygen atoms in total. The van der Waals surface area contributed by atoms with Crippen molar-refractivity contribution in [3.63, 3.8) is 0 Å². The normalized spacial score (nSPS) is 14.1. The Morgan fingerprint density at radius 2 is 1.83 bits per heavy atom. The van der Waals surface area contributed by atoms with E-state index in [1.165, 1.54) is 12.1 Å². The highest BCUT2D eigenvalue weighted by atomic mass is 35.5. The summed E-state index contributed by atoms with van der Waals surface area (Å²) >= 11 is 12.1. The SMILES string of the molecule is CN1CC(NCCCCOc2ccc(C[C@@H](NC(=O)c3c(Cl)cccc3Cl)C(=O)O)cc2)=NCC1=O. The minimum atomic E-state index is -1.17. The number of carboxylic acids is 1. The van der Waals surface area contributed by atoms with Crippen LogP contribution in [0.4, 0.5) is 0 Å². The molecule has 2 aromatic carbocycles. The molecule has 0 radical (unpaired) electrons. The third-order valence-corrected chi connectivity index (χ3v) is 6.17. The molecule has 0 fully saturated rings. The van der Waals surface area contributed by atoms with Crippen LogP contribution in [0.2, 0.25) is 10.0 Å². The zero-order chi connectivity index (χ0) is 26.1. The fraction of sp³-hybridized carbons (Fsp3) is 0.360. The first-order valence-corrected chi connectivity index (χ1v) is 12.2. The van der Waals surface area contributed by atoms with Gasteiger partial charge in [0.25, 0.3) is 5.91 Å². The summed E-state index contributed by atoms with van der Waals surface area (Å²) in [5, 5.41) is 15.6. The minimum Gasteiger partial charge on any atom is -0.494 e. The molecule has 2 aromatic rings. The number of aliphatic carboxylic acids is 1. The van der Waals surface area contributed by atoms with E-state index in [1.807, 2.05) is 0 Å². The van der Waals surface area contributed by atoms with Crippen LogP contribution >= 0.6 is 23.2 Å². The monoisotopic (exact) mass is 534 g/mol. The number of amides is 2. The Morgan fingerprint density at radius 1 is 1.14 bits per heavy atom. The average molecular weight is 535 g/mol. The van der Waals surface area contributed by atoms with Crippen LogP contribution in [0.1, 0.15) is 28.8 Å². The summed E-state index contributed by atoms with van der Waals surface area (Å²) in [6.45, 7) is 1.96. The molecular formula is C25H28Cl2N4O5. The summed E-state index contributed by atoms with van der Waals surface area (Å²) in [6.07, 6.45) is 1.79. The van der Waals surface area contributed by atoms with Gasteiger partial charge in [0.1, 0.15) is 24.2 Å². The number of benzene rings is 2. The van der Waals surface area contributed by atoms with Crippen LogP contribution in [-0.4, -0.2) is 73.0 Å². The maximum atomic E-state index is 12.6. The lowest BCUT2D eigenvalue weighted by Gasteiger charge is -2.22. The third-order valence-electron chi connectivity index (χ3n) is 5.54. The number of halogens is 2. The molecule has 0 unspecified atom stereocenters. The smallest absolute Gasteiger partial charge is 0.326 e. The summed E-state index contributed by atoms with van der Waals surface area (Å²) in [5.41, 5.74) is 0.765. The largest absolute Gasteiger partial charge is 0.494 e. The molecule has 1 heterocycles. The first-order valence-electron chi connectivity index (χ1n) is 11.4. The molecule has 2 amide bonds. The molecule has 0 saturated carbocycles. The number of likely N-dealkylation sites (N-methyl/N-ethyl adjacent to an activating group) is 1. The van der Waals surface area contributed by atoms with Crippen LogP contribution in [0, 0.1) is 0 Å². The highest BCUT2D eigenvalue weighted by Crippen LogP contribution is 2.24. The highest BCUT2D eigenvalue weighted by molar-refractivity contribution is 6.39. The van der Waals surface area contributed by atoms with Crippen molar-refractivity contribution in [3.05, 3.63) is 63.6 Å². The quantitative estimate of drug-likeness (QED) is 0.381. The molecule has 1 atom stereocenters. The minimum absolute atomic E-state index is 0.0187. The van der Waals surface area contributed by atoms with Crippen molar-refractivity contribution in [2.75, 3.05) is 33.3 Å². The molecule has 0 bridgehead atoms. The summed E-state index contributed by atoms with van der Waals surface area (Å²) in [5.74, 6) is -0.312. The number of nitrogens with one attached hydrogen (secondary N) is 2. The molecule has 1 aliphatic rings. The fourth-order valence-corrected chi connectivity index (χ4v) is 4.08. The van der Waals surface area contributed by atoms with Gasteiger partial charge < -0.3 is 25.4 Å². The van der Waals surface area contributed by atoms with E-state index in [4.69, 9.17) is 27.9 Å². The number of carbonyl (C=O) groups is 3. The van der Waals surface area contributed by atoms with Gasteiger partial charge >= 0.3 is 5.97 Å². The molecular weight excluding hydrogens is 507 g/mol. The summed E-state index contributed by atoms with van der Waals surface area (Å²) < 4.78 is 5.76. The van der Waals surface area contributed by atoms with Crippen molar-refractivity contribution in [1.82, 2.24) is 15.5 Å². The van der Waals surface area contributed by atoms with Gasteiger partial charge in [-0.3, -0.25) is 14.6 Å². The van der Waals surface area contributed by atoms with E-state index in [2.05, 4.69) is 15.6 Å². The fourth-order valence-electron chi connectivity index (χ4n) is 3.51. The van der Waals surface area contributed by atoms with Crippen LogP contribution in [0.15, 0.2) is 47.5 Å². The lowest BCUT2D eigenvalue weighted by atomic mass is 10.1. The molecule has 0 saturated heterocycles. The summed E-state index contributed by atoms with van der Waals surface area (Å²) in [7, 11) is 1.76. The van der Waals surface area contributed by atoms with E-state index in [-0.39, 0.29) is 34.5 Å². The number of nitrogens with zero attached hydrogens (tertiary/aromatic N) is 2. The van der Waals surface area contributed by atoms with Crippen LogP contribution in [-0.2, 0) is 16.0 Å². The zero-order valence-corrected chi connectivity index (χ0v) is 21.3. The first kappa shape index (κ1) is 27.3. The number of hydrogen-bond acceptors (Lipinski definition) is 6. The van der Waals surface area contributed by atoms with E-state index < -0.39 is 17.9 Å². The molecule has 3 rings (SSSR count). The lowest BCUT2D eigenvalue weighted by molar-refractivity contribution is -0.139. The molecule has 1 aliphatic heterocycles. The van der Waals surface area contributed by atoms with Crippen LogP contribution in [0.3, 0.4) is 0 Å². The van der Waals surface area contributed by atoms with Gasteiger partial charge in [0.05, 0.1) is 28.8 Å². The Labute approximate surface area is 219 Å². The summed E-state index contributed by atoms with van der Waals surface area (Å²) in [4.78, 5) is 41.6. The number of ether oxygens (including phenoxy) is 1. The molecule has 192 valence electrons. The van der Waals surface area contributed by atoms with E-state index in [0.717, 1.165) is 30.8 Å². The van der Waals surface area contributed by atoms with Crippen molar-refractivity contribution in [1.29, 1.82) is 0 Å². The molecule has 3 N–H and O–H groups in total. The van der Waals surface area contributed by atoms with Gasteiger partial charge in [0, 0.05) is 20.0 Å². The second-order valence-corrected chi connectivity index (χ2v) is 9.12. The van der Waals surface area contributed by atoms with Crippen molar-refractivity contribution in [3.8, 4) is 5.75 Å². The Bertz CT molecular complexity index is 1100. The average Bonchev–Trinajstić information content (AvgIpc) is 2.84. The predicted molar refractivity (Wildman–Crippen MR) is 138 cm³/mol. The highest BCUT2D eigenvalue weighted by Gasteiger charge is 2.24. The second-order valence-electron chi connectivity index (χ2n) is 8.30. The van der Waals surface area contributed by atoms with E-state index in [1.54, 1.807) is 42.3 Å². The third kappa shape index (κ3) is 7.86. The molecule has 0 spiro atoms. The molecule has 0 aliphatic carbocycles. The Morgan fingerprint density at radius 3 is 2.47 bits per heavy atom. The number of hydrogen-bond donors (Lipinski definition) is 3. The maximum absolute atomic E-state index is 12.6. The number of carbonyl (C=O) groups excluding carboxylic acids is 2. The number of unbranched alkanes of at least 4 members (excludes halogenated alkanes) is 1. The lowest BCUT2D eigenvalue weighted by Crippen LogP contribution is -2.44. The first-order chi connectivity index (χ1) is 17.2. The number of rotatable bonds is 11. The Kier molecular flexibility index (Phi) is 9.95. The van der Waals surface area contributed by atoms with Gasteiger partial charge in [0.15, 0.2) is 0 Å². The molecule has 0 aromatic heterocycles. The molecule has 36 heavy (non-hydrogen) atoms. The van der Waals surface area contributed by atoms with Crippen molar-refractivity contribution in [2.45, 2.75) is 25.3 Å². The van der Waals surface area contributed by atoms with Crippen LogP contribution < -0.4 is 15.4 Å². The number of aliphatic imine (C=N–C) groups is 1. The van der Waals surface area contributed by atoms with Crippen LogP contribution in [0.5, 0.6) is 5.75 Å². The van der Waals surface area contributed by atoms with Gasteiger partial charge in [-0.05, 0) is 42.7 Å². The number of carboxylic acid groups (broad SMARTS) is 1. The van der Waals surface area contributed by atoms with Crippen molar-refractivity contribution in [2.24, 2.45) is 4.99 Å².